The van der Waals surface area contributed by atoms with Crippen LogP contribution in [0.25, 0.3) is 0 Å². The maximum Gasteiger partial charge on any atom is 0.0234 e. The van der Waals surface area contributed by atoms with Crippen molar-refractivity contribution in [1.29, 1.82) is 0 Å². The smallest absolute Gasteiger partial charge is 0.0234 e. The molecule has 0 amide bonds. The van der Waals surface area contributed by atoms with E-state index in [1.807, 2.05) is 6.20 Å². The first kappa shape index (κ1) is 17.8. The number of aromatic amines is 1. The fraction of sp³-hybridized carbons (Fsp3) is 0.545. The summed E-state index contributed by atoms with van der Waals surface area (Å²) in [5.41, 5.74) is 4.35. The second-order valence-electron chi connectivity index (χ2n) is 8.08. The molecule has 0 saturated carbocycles. The van der Waals surface area contributed by atoms with Crippen molar-refractivity contribution in [2.45, 2.75) is 31.8 Å². The van der Waals surface area contributed by atoms with E-state index in [1.165, 1.54) is 68.9 Å². The molecule has 1 aromatic carbocycles. The zero-order valence-electron chi connectivity index (χ0n) is 16.0. The van der Waals surface area contributed by atoms with E-state index in [0.717, 1.165) is 13.1 Å². The minimum absolute atomic E-state index is 0.713. The maximum atomic E-state index is 3.39. The number of piperidine rings is 1. The number of nitrogens with one attached hydrogen (secondary N) is 1. The van der Waals surface area contributed by atoms with E-state index in [-0.39, 0.29) is 0 Å². The number of benzene rings is 1. The molecule has 4 rings (SSSR count). The third-order valence-electron chi connectivity index (χ3n) is 6.05. The number of hydrogen-bond donors (Lipinski definition) is 1. The highest BCUT2D eigenvalue weighted by molar-refractivity contribution is 5.23. The SMILES string of the molecule is CN1CCN(Cc2cccc(CN3CCC(c4ccc[nH]4)CC3)c2)CC1. The van der Waals surface area contributed by atoms with E-state index in [4.69, 9.17) is 0 Å². The van der Waals surface area contributed by atoms with E-state index in [1.54, 1.807) is 0 Å². The van der Waals surface area contributed by atoms with Crippen LogP contribution in [0.3, 0.4) is 0 Å². The molecule has 4 nitrogen and oxygen atoms in total. The third kappa shape index (κ3) is 4.56. The summed E-state index contributed by atoms with van der Waals surface area (Å²) in [5, 5.41) is 0. The van der Waals surface area contributed by atoms with Crippen molar-refractivity contribution in [3.05, 3.63) is 59.4 Å². The van der Waals surface area contributed by atoms with Crippen LogP contribution in [0.15, 0.2) is 42.6 Å². The summed E-state index contributed by atoms with van der Waals surface area (Å²) in [5.74, 6) is 0.713. The Morgan fingerprint density at radius 1 is 0.846 bits per heavy atom. The van der Waals surface area contributed by atoms with Gasteiger partial charge in [0.05, 0.1) is 0 Å². The molecule has 0 unspecified atom stereocenters. The molecule has 140 valence electrons. The molecule has 2 aromatic rings. The van der Waals surface area contributed by atoms with E-state index in [2.05, 4.69) is 63.1 Å². The standard InChI is InChI=1S/C22H32N4/c1-24-12-14-26(15-13-24)18-20-5-2-4-19(16-20)17-25-10-7-21(8-11-25)22-6-3-9-23-22/h2-6,9,16,21,23H,7-8,10-15,17-18H2,1H3. The zero-order valence-corrected chi connectivity index (χ0v) is 16.0. The van der Waals surface area contributed by atoms with Gasteiger partial charge in [0, 0.05) is 57.1 Å². The van der Waals surface area contributed by atoms with Gasteiger partial charge in [0.15, 0.2) is 0 Å². The van der Waals surface area contributed by atoms with Crippen LogP contribution in [-0.2, 0) is 13.1 Å². The number of hydrogen-bond acceptors (Lipinski definition) is 3. The van der Waals surface area contributed by atoms with Crippen LogP contribution >= 0.6 is 0 Å². The molecule has 1 aromatic heterocycles. The normalized spacial score (nSPS) is 21.3. The summed E-state index contributed by atoms with van der Waals surface area (Å²) in [6.07, 6.45) is 4.58. The van der Waals surface area contributed by atoms with Gasteiger partial charge in [-0.05, 0) is 56.2 Å². The largest absolute Gasteiger partial charge is 0.365 e. The monoisotopic (exact) mass is 352 g/mol. The first-order valence-electron chi connectivity index (χ1n) is 10.1. The van der Waals surface area contributed by atoms with Gasteiger partial charge >= 0.3 is 0 Å². The van der Waals surface area contributed by atoms with Crippen molar-refractivity contribution in [3.63, 3.8) is 0 Å². The van der Waals surface area contributed by atoms with Gasteiger partial charge in [-0.3, -0.25) is 9.80 Å². The van der Waals surface area contributed by atoms with E-state index < -0.39 is 0 Å². The highest BCUT2D eigenvalue weighted by atomic mass is 15.2. The second-order valence-corrected chi connectivity index (χ2v) is 8.08. The van der Waals surface area contributed by atoms with Gasteiger partial charge < -0.3 is 9.88 Å². The van der Waals surface area contributed by atoms with Gasteiger partial charge in [-0.25, -0.2) is 0 Å². The molecule has 2 fully saturated rings. The van der Waals surface area contributed by atoms with Crippen molar-refractivity contribution < 1.29 is 0 Å². The van der Waals surface area contributed by atoms with Crippen LogP contribution in [0, 0.1) is 0 Å². The molecule has 0 bridgehead atoms. The molecule has 26 heavy (non-hydrogen) atoms. The number of H-pyrrole nitrogens is 1. The number of aromatic nitrogens is 1. The lowest BCUT2D eigenvalue weighted by molar-refractivity contribution is 0.148. The van der Waals surface area contributed by atoms with Crippen LogP contribution in [0.4, 0.5) is 0 Å². The summed E-state index contributed by atoms with van der Waals surface area (Å²) in [4.78, 5) is 11.0. The zero-order chi connectivity index (χ0) is 17.8. The first-order valence-corrected chi connectivity index (χ1v) is 10.1. The molecule has 1 N–H and O–H groups in total. The number of nitrogens with zero attached hydrogens (tertiary/aromatic N) is 3. The minimum atomic E-state index is 0.713. The molecule has 2 saturated heterocycles. The van der Waals surface area contributed by atoms with Crippen LogP contribution in [0.2, 0.25) is 0 Å². The Hall–Kier alpha value is -1.62. The average molecular weight is 353 g/mol. The molecule has 0 atom stereocenters. The molecule has 0 aliphatic carbocycles. The van der Waals surface area contributed by atoms with Gasteiger partial charge in [0.2, 0.25) is 0 Å². The van der Waals surface area contributed by atoms with E-state index in [0.29, 0.717) is 5.92 Å². The van der Waals surface area contributed by atoms with Crippen molar-refractivity contribution in [1.82, 2.24) is 19.7 Å². The van der Waals surface area contributed by atoms with Gasteiger partial charge in [-0.2, -0.15) is 0 Å². The number of piperazine rings is 1. The maximum absolute atomic E-state index is 3.39. The number of likely N-dealkylation sites (tertiary alicyclic amines) is 1. The highest BCUT2D eigenvalue weighted by Crippen LogP contribution is 2.27. The van der Waals surface area contributed by atoms with Crippen molar-refractivity contribution in [2.75, 3.05) is 46.3 Å². The molecule has 0 spiro atoms. The van der Waals surface area contributed by atoms with E-state index in [9.17, 15) is 0 Å². The molecular weight excluding hydrogens is 320 g/mol. The van der Waals surface area contributed by atoms with Gasteiger partial charge in [-0.15, -0.1) is 0 Å². The van der Waals surface area contributed by atoms with Crippen LogP contribution in [-0.4, -0.2) is 66.0 Å². The summed E-state index contributed by atoms with van der Waals surface area (Å²) < 4.78 is 0. The molecular formula is C22H32N4. The Kier molecular flexibility index (Phi) is 5.73. The summed E-state index contributed by atoms with van der Waals surface area (Å²) in [7, 11) is 2.22. The van der Waals surface area contributed by atoms with Crippen LogP contribution in [0.1, 0.15) is 35.6 Å². The lowest BCUT2D eigenvalue weighted by Crippen LogP contribution is -2.43. The second kappa shape index (κ2) is 8.38. The lowest BCUT2D eigenvalue weighted by atomic mass is 9.93. The molecule has 2 aliphatic heterocycles. The first-order chi connectivity index (χ1) is 12.8. The van der Waals surface area contributed by atoms with Crippen LogP contribution in [0.5, 0.6) is 0 Å². The predicted octanol–water partition coefficient (Wildman–Crippen LogP) is 3.14. The fourth-order valence-corrected chi connectivity index (χ4v) is 4.35. The Morgan fingerprint density at radius 3 is 2.12 bits per heavy atom. The Morgan fingerprint density at radius 2 is 1.50 bits per heavy atom. The van der Waals surface area contributed by atoms with E-state index >= 15 is 0 Å². The number of likely N-dealkylation sites (N-methyl/N-ethyl adjacent to an activating group) is 1. The quantitative estimate of drug-likeness (QED) is 0.895. The predicted molar refractivity (Wildman–Crippen MR) is 107 cm³/mol. The lowest BCUT2D eigenvalue weighted by Gasteiger charge is -2.33. The summed E-state index contributed by atoms with van der Waals surface area (Å²) in [6, 6.07) is 13.6. The Labute approximate surface area is 157 Å². The third-order valence-corrected chi connectivity index (χ3v) is 6.05. The molecule has 0 radical (unpaired) electrons. The van der Waals surface area contributed by atoms with Crippen molar-refractivity contribution in [3.8, 4) is 0 Å². The topological polar surface area (TPSA) is 25.5 Å². The minimum Gasteiger partial charge on any atom is -0.365 e. The number of rotatable bonds is 5. The van der Waals surface area contributed by atoms with Crippen molar-refractivity contribution in [2.24, 2.45) is 0 Å². The summed E-state index contributed by atoms with van der Waals surface area (Å²) >= 11 is 0. The fourth-order valence-electron chi connectivity index (χ4n) is 4.35. The average Bonchev–Trinajstić information content (AvgIpc) is 3.19. The van der Waals surface area contributed by atoms with Crippen LogP contribution < -0.4 is 0 Å². The Balaban J connectivity index is 1.29. The highest BCUT2D eigenvalue weighted by Gasteiger charge is 2.21. The van der Waals surface area contributed by atoms with Gasteiger partial charge in [0.25, 0.3) is 0 Å². The van der Waals surface area contributed by atoms with Crippen molar-refractivity contribution >= 4 is 0 Å². The molecule has 3 heterocycles. The van der Waals surface area contributed by atoms with Gasteiger partial charge in [0.1, 0.15) is 0 Å². The van der Waals surface area contributed by atoms with Gasteiger partial charge in [-0.1, -0.05) is 24.3 Å². The Bertz CT molecular complexity index is 665. The molecule has 2 aliphatic rings. The summed E-state index contributed by atoms with van der Waals surface area (Å²) in [6.45, 7) is 9.34. The molecule has 4 heteroatoms.